The van der Waals surface area contributed by atoms with Crippen LogP contribution in [0, 0.1) is 5.92 Å². The summed E-state index contributed by atoms with van der Waals surface area (Å²) >= 11 is 1.06. The third-order valence-electron chi connectivity index (χ3n) is 3.42. The number of azide groups is 1. The van der Waals surface area contributed by atoms with Gasteiger partial charge in [-0.15, -0.1) is 11.3 Å². The fourth-order valence-corrected chi connectivity index (χ4v) is 2.92. The van der Waals surface area contributed by atoms with E-state index in [1.165, 1.54) is 10.3 Å². The second-order valence-electron chi connectivity index (χ2n) is 5.33. The van der Waals surface area contributed by atoms with Gasteiger partial charge in [-0.25, -0.2) is 9.78 Å². The molecule has 0 saturated carbocycles. The summed E-state index contributed by atoms with van der Waals surface area (Å²) in [6.45, 7) is 3.52. The molecule has 1 aromatic rings. The van der Waals surface area contributed by atoms with Crippen LogP contribution < -0.4 is 0 Å². The number of hydrogen-bond donors (Lipinski definition) is 2. The summed E-state index contributed by atoms with van der Waals surface area (Å²) < 4.78 is 0. The molecule has 0 spiro atoms. The number of hydrogen-bond acceptors (Lipinski definition) is 6. The lowest BCUT2D eigenvalue weighted by Gasteiger charge is -2.32. The standard InChI is InChI=1S/C13H19N5O4S/c1-7(2)9(18(3)11(20)5-15-17-14)4-10(19)12-16-8(6-23-12)13(21)22/h6-7,9-10,19H,4-5H2,1-3H3,(H,21,22)/t9-,10-/m1/s1. The summed E-state index contributed by atoms with van der Waals surface area (Å²) in [6, 6.07) is -0.302. The number of carboxylic acids is 1. The van der Waals surface area contributed by atoms with E-state index in [1.807, 2.05) is 13.8 Å². The van der Waals surface area contributed by atoms with E-state index in [4.69, 9.17) is 10.6 Å². The first kappa shape index (κ1) is 18.9. The molecule has 0 fully saturated rings. The van der Waals surface area contributed by atoms with Crippen LogP contribution in [0.15, 0.2) is 10.5 Å². The lowest BCUT2D eigenvalue weighted by atomic mass is 9.96. The molecule has 2 atom stereocenters. The molecular weight excluding hydrogens is 322 g/mol. The molecule has 0 bridgehead atoms. The van der Waals surface area contributed by atoms with Crippen LogP contribution in [0.25, 0.3) is 10.4 Å². The van der Waals surface area contributed by atoms with Crippen LogP contribution >= 0.6 is 11.3 Å². The van der Waals surface area contributed by atoms with Gasteiger partial charge in [0.1, 0.15) is 17.7 Å². The minimum absolute atomic E-state index is 0.0450. The number of aromatic nitrogens is 1. The van der Waals surface area contributed by atoms with Crippen molar-refractivity contribution in [1.29, 1.82) is 0 Å². The van der Waals surface area contributed by atoms with Crippen molar-refractivity contribution >= 4 is 23.2 Å². The summed E-state index contributed by atoms with van der Waals surface area (Å²) in [4.78, 5) is 30.7. The number of thiazole rings is 1. The summed E-state index contributed by atoms with van der Waals surface area (Å²) in [5.41, 5.74) is 8.17. The molecule has 1 heterocycles. The normalized spacial score (nSPS) is 13.3. The number of rotatable bonds is 8. The number of aliphatic hydroxyl groups excluding tert-OH is 1. The van der Waals surface area contributed by atoms with Gasteiger partial charge in [0.2, 0.25) is 5.91 Å². The summed E-state index contributed by atoms with van der Waals surface area (Å²) in [7, 11) is 1.58. The van der Waals surface area contributed by atoms with Crippen LogP contribution in [0.5, 0.6) is 0 Å². The molecule has 0 aliphatic carbocycles. The molecule has 0 unspecified atom stereocenters. The Morgan fingerprint density at radius 2 is 2.17 bits per heavy atom. The SMILES string of the molecule is CC(C)[C@@H](C[C@@H](O)c1nc(C(=O)O)cs1)N(C)C(=O)CN=[N+]=[N-]. The number of likely N-dealkylation sites (N-methyl/N-ethyl adjacent to an activating group) is 1. The van der Waals surface area contributed by atoms with Crippen molar-refractivity contribution in [2.45, 2.75) is 32.4 Å². The highest BCUT2D eigenvalue weighted by atomic mass is 32.1. The molecule has 0 saturated heterocycles. The Labute approximate surface area is 137 Å². The molecule has 1 aromatic heterocycles. The van der Waals surface area contributed by atoms with E-state index >= 15 is 0 Å². The van der Waals surface area contributed by atoms with Gasteiger partial charge in [-0.3, -0.25) is 4.79 Å². The molecule has 1 rings (SSSR count). The first-order valence-electron chi connectivity index (χ1n) is 6.91. The molecule has 0 aliphatic rings. The summed E-state index contributed by atoms with van der Waals surface area (Å²) in [5.74, 6) is -1.45. The molecule has 126 valence electrons. The van der Waals surface area contributed by atoms with Gasteiger partial charge in [0.25, 0.3) is 0 Å². The lowest BCUT2D eigenvalue weighted by molar-refractivity contribution is -0.131. The van der Waals surface area contributed by atoms with E-state index < -0.39 is 12.1 Å². The van der Waals surface area contributed by atoms with Crippen molar-refractivity contribution in [3.8, 4) is 0 Å². The first-order valence-corrected chi connectivity index (χ1v) is 7.79. The average molecular weight is 341 g/mol. The van der Waals surface area contributed by atoms with Crippen molar-refractivity contribution in [1.82, 2.24) is 9.88 Å². The Hall–Kier alpha value is -2.16. The van der Waals surface area contributed by atoms with Crippen LogP contribution in [0.1, 0.15) is 41.9 Å². The minimum atomic E-state index is -1.15. The number of aromatic carboxylic acids is 1. The zero-order chi connectivity index (χ0) is 17.6. The van der Waals surface area contributed by atoms with Crippen molar-refractivity contribution in [2.75, 3.05) is 13.6 Å². The Bertz CT molecular complexity index is 611. The maximum Gasteiger partial charge on any atom is 0.355 e. The second-order valence-corrected chi connectivity index (χ2v) is 6.22. The van der Waals surface area contributed by atoms with Gasteiger partial charge >= 0.3 is 5.97 Å². The summed E-state index contributed by atoms with van der Waals surface area (Å²) in [6.07, 6.45) is -0.766. The number of nitrogens with zero attached hydrogens (tertiary/aromatic N) is 5. The molecular formula is C13H19N5O4S. The van der Waals surface area contributed by atoms with Crippen LogP contribution in [0.2, 0.25) is 0 Å². The molecule has 9 nitrogen and oxygen atoms in total. The quantitative estimate of drug-likeness (QED) is 0.423. The Kier molecular flexibility index (Phi) is 6.95. The van der Waals surface area contributed by atoms with Crippen molar-refractivity contribution in [3.05, 3.63) is 26.5 Å². The zero-order valence-electron chi connectivity index (χ0n) is 13.1. The topological polar surface area (TPSA) is 139 Å². The highest BCUT2D eigenvalue weighted by Gasteiger charge is 2.27. The highest BCUT2D eigenvalue weighted by Crippen LogP contribution is 2.26. The monoisotopic (exact) mass is 341 g/mol. The molecule has 0 radical (unpaired) electrons. The summed E-state index contributed by atoms with van der Waals surface area (Å²) in [5, 5.41) is 24.0. The fourth-order valence-electron chi connectivity index (χ4n) is 2.13. The predicted octanol–water partition coefficient (Wildman–Crippen LogP) is 2.06. The van der Waals surface area contributed by atoms with E-state index in [1.54, 1.807) is 7.05 Å². The zero-order valence-corrected chi connectivity index (χ0v) is 13.9. The predicted molar refractivity (Wildman–Crippen MR) is 84.1 cm³/mol. The molecule has 0 aliphatic heterocycles. The van der Waals surface area contributed by atoms with Gasteiger partial charge in [-0.2, -0.15) is 0 Å². The maximum absolute atomic E-state index is 11.9. The van der Waals surface area contributed by atoms with Crippen molar-refractivity contribution < 1.29 is 19.8 Å². The lowest BCUT2D eigenvalue weighted by Crippen LogP contribution is -2.42. The van der Waals surface area contributed by atoms with Crippen LogP contribution in [0.3, 0.4) is 0 Å². The molecule has 10 heteroatoms. The van der Waals surface area contributed by atoms with E-state index in [0.717, 1.165) is 11.3 Å². The van der Waals surface area contributed by atoms with E-state index in [-0.39, 0.29) is 36.5 Å². The van der Waals surface area contributed by atoms with E-state index in [9.17, 15) is 14.7 Å². The Balaban J connectivity index is 2.83. The Morgan fingerprint density at radius 3 is 2.65 bits per heavy atom. The van der Waals surface area contributed by atoms with Crippen LogP contribution in [-0.4, -0.2) is 51.6 Å². The smallest absolute Gasteiger partial charge is 0.355 e. The first-order chi connectivity index (χ1) is 10.8. The molecule has 1 amide bonds. The van der Waals surface area contributed by atoms with Gasteiger partial charge in [-0.1, -0.05) is 19.0 Å². The average Bonchev–Trinajstić information content (AvgIpc) is 2.99. The van der Waals surface area contributed by atoms with Crippen molar-refractivity contribution in [2.24, 2.45) is 11.0 Å². The van der Waals surface area contributed by atoms with E-state index in [2.05, 4.69) is 15.0 Å². The van der Waals surface area contributed by atoms with Gasteiger partial charge in [-0.05, 0) is 11.4 Å². The Morgan fingerprint density at radius 1 is 1.52 bits per heavy atom. The van der Waals surface area contributed by atoms with Gasteiger partial charge in [0.15, 0.2) is 5.69 Å². The van der Waals surface area contributed by atoms with Crippen molar-refractivity contribution in [3.63, 3.8) is 0 Å². The van der Waals surface area contributed by atoms with Gasteiger partial charge in [0.05, 0.1) is 0 Å². The number of carbonyl (C=O) groups excluding carboxylic acids is 1. The molecule has 2 N–H and O–H groups in total. The van der Waals surface area contributed by atoms with Gasteiger partial charge in [0, 0.05) is 29.8 Å². The number of aliphatic hydroxyl groups is 1. The number of amides is 1. The fraction of sp³-hybridized carbons (Fsp3) is 0.615. The third kappa shape index (κ3) is 5.20. The minimum Gasteiger partial charge on any atom is -0.476 e. The van der Waals surface area contributed by atoms with Crippen LogP contribution in [0.4, 0.5) is 0 Å². The maximum atomic E-state index is 11.9. The van der Waals surface area contributed by atoms with Crippen LogP contribution in [-0.2, 0) is 4.79 Å². The number of carboxylic acid groups (broad SMARTS) is 1. The number of carbonyl (C=O) groups is 2. The molecule has 23 heavy (non-hydrogen) atoms. The third-order valence-corrected chi connectivity index (χ3v) is 4.37. The molecule has 0 aromatic carbocycles. The highest BCUT2D eigenvalue weighted by molar-refractivity contribution is 7.09. The van der Waals surface area contributed by atoms with E-state index in [0.29, 0.717) is 5.01 Å². The van der Waals surface area contributed by atoms with Gasteiger partial charge < -0.3 is 15.1 Å². The largest absolute Gasteiger partial charge is 0.476 e. The second kappa shape index (κ2) is 8.47.